The van der Waals surface area contributed by atoms with E-state index in [1.165, 1.54) is 28.2 Å². The number of H-pyrrole nitrogens is 1. The van der Waals surface area contributed by atoms with Gasteiger partial charge in [-0.15, -0.1) is 0 Å². The molecule has 3 rings (SSSR count). The zero-order chi connectivity index (χ0) is 12.2. The predicted octanol–water partition coefficient (Wildman–Crippen LogP) is 2.50. The van der Waals surface area contributed by atoms with Gasteiger partial charge in [-0.05, 0) is 17.7 Å². The normalized spacial score (nSPS) is 20.3. The number of hydrogen-bond donors (Lipinski definition) is 2. The topological polar surface area (TPSA) is 40.7 Å². The van der Waals surface area contributed by atoms with E-state index in [2.05, 4.69) is 51.1 Å². The summed E-state index contributed by atoms with van der Waals surface area (Å²) in [5, 5.41) is 5.57. The molecule has 2 aromatic heterocycles. The molecule has 3 heterocycles. The minimum atomic E-state index is 0.770. The largest absolute Gasteiger partial charge is 0.346 e. The molecule has 0 aliphatic carbocycles. The van der Waals surface area contributed by atoms with Crippen molar-refractivity contribution >= 4 is 34.6 Å². The van der Waals surface area contributed by atoms with E-state index in [9.17, 15) is 0 Å². The molecule has 96 valence electrons. The highest BCUT2D eigenvalue weighted by Gasteiger charge is 2.13. The molecule has 0 bridgehead atoms. The van der Waals surface area contributed by atoms with Crippen LogP contribution >= 0.6 is 23.5 Å². The first-order valence-electron chi connectivity index (χ1n) is 6.24. The van der Waals surface area contributed by atoms with Crippen molar-refractivity contribution in [3.05, 3.63) is 30.1 Å². The molecule has 1 aliphatic rings. The Morgan fingerprint density at radius 3 is 3.33 bits per heavy atom. The van der Waals surface area contributed by atoms with E-state index in [0.717, 1.165) is 24.0 Å². The Bertz CT molecular complexity index is 506. The number of hydrogen-bond acceptors (Lipinski definition) is 4. The molecular formula is C13H17N3S2. The molecule has 0 spiro atoms. The standard InChI is InChI=1S/C13H17N3S2/c1-2-12-10(7-16-13(12)15-3-1)6-14-8-11-9-17-4-5-18-11/h1-3,7,11,14H,4-6,8-9H2,(H,15,16). The molecule has 1 atom stereocenters. The number of thioether (sulfide) groups is 2. The Morgan fingerprint density at radius 1 is 1.44 bits per heavy atom. The second kappa shape index (κ2) is 5.99. The average Bonchev–Trinajstić information content (AvgIpc) is 2.84. The molecule has 2 N–H and O–H groups in total. The quantitative estimate of drug-likeness (QED) is 0.902. The third-order valence-corrected chi connectivity index (χ3v) is 5.95. The summed E-state index contributed by atoms with van der Waals surface area (Å²) in [6.07, 6.45) is 3.89. The van der Waals surface area contributed by atoms with Gasteiger partial charge in [0, 0.05) is 53.4 Å². The molecule has 1 saturated heterocycles. The van der Waals surface area contributed by atoms with E-state index in [0.29, 0.717) is 0 Å². The number of aromatic nitrogens is 2. The van der Waals surface area contributed by atoms with Crippen molar-refractivity contribution in [1.29, 1.82) is 0 Å². The number of nitrogens with zero attached hydrogens (tertiary/aromatic N) is 1. The molecule has 2 aromatic rings. The number of pyridine rings is 1. The summed E-state index contributed by atoms with van der Waals surface area (Å²) in [6, 6.07) is 4.12. The SMILES string of the molecule is c1cnc2[nH]cc(CNCC3CSCCS3)c2c1. The fraction of sp³-hybridized carbons (Fsp3) is 0.462. The van der Waals surface area contributed by atoms with Crippen LogP contribution in [0, 0.1) is 0 Å². The summed E-state index contributed by atoms with van der Waals surface area (Å²) < 4.78 is 0. The van der Waals surface area contributed by atoms with Crippen molar-refractivity contribution in [3.63, 3.8) is 0 Å². The Hall–Kier alpha value is -0.650. The monoisotopic (exact) mass is 279 g/mol. The fourth-order valence-corrected chi connectivity index (χ4v) is 4.83. The average molecular weight is 279 g/mol. The summed E-state index contributed by atoms with van der Waals surface area (Å²) in [5.41, 5.74) is 2.29. The van der Waals surface area contributed by atoms with Crippen molar-refractivity contribution in [2.45, 2.75) is 11.8 Å². The van der Waals surface area contributed by atoms with Crippen LogP contribution in [-0.2, 0) is 6.54 Å². The van der Waals surface area contributed by atoms with E-state index in [1.807, 2.05) is 12.3 Å². The smallest absolute Gasteiger partial charge is 0.137 e. The van der Waals surface area contributed by atoms with E-state index in [4.69, 9.17) is 0 Å². The van der Waals surface area contributed by atoms with Gasteiger partial charge < -0.3 is 10.3 Å². The van der Waals surface area contributed by atoms with Crippen molar-refractivity contribution in [2.75, 3.05) is 23.8 Å². The first kappa shape index (κ1) is 12.4. The van der Waals surface area contributed by atoms with Crippen LogP contribution in [-0.4, -0.2) is 39.0 Å². The number of fused-ring (bicyclic) bond motifs is 1. The Labute approximate surface area is 116 Å². The van der Waals surface area contributed by atoms with Crippen molar-refractivity contribution in [2.24, 2.45) is 0 Å². The first-order chi connectivity index (χ1) is 8.93. The Kier molecular flexibility index (Phi) is 4.13. The van der Waals surface area contributed by atoms with Crippen molar-refractivity contribution in [1.82, 2.24) is 15.3 Å². The highest BCUT2D eigenvalue weighted by molar-refractivity contribution is 8.06. The predicted molar refractivity (Wildman–Crippen MR) is 81.4 cm³/mol. The maximum atomic E-state index is 4.31. The van der Waals surface area contributed by atoms with Gasteiger partial charge in [0.25, 0.3) is 0 Å². The molecule has 0 amide bonds. The number of aromatic amines is 1. The van der Waals surface area contributed by atoms with Crippen LogP contribution in [0.4, 0.5) is 0 Å². The van der Waals surface area contributed by atoms with Crippen LogP contribution in [0.3, 0.4) is 0 Å². The van der Waals surface area contributed by atoms with Gasteiger partial charge in [0.1, 0.15) is 5.65 Å². The van der Waals surface area contributed by atoms with Crippen LogP contribution < -0.4 is 5.32 Å². The molecule has 5 heteroatoms. The summed E-state index contributed by atoms with van der Waals surface area (Å²) in [6.45, 7) is 2.03. The van der Waals surface area contributed by atoms with Gasteiger partial charge in [0.05, 0.1) is 0 Å². The van der Waals surface area contributed by atoms with E-state index >= 15 is 0 Å². The maximum Gasteiger partial charge on any atom is 0.137 e. The molecule has 18 heavy (non-hydrogen) atoms. The van der Waals surface area contributed by atoms with Gasteiger partial charge in [0.15, 0.2) is 0 Å². The van der Waals surface area contributed by atoms with Crippen molar-refractivity contribution < 1.29 is 0 Å². The number of rotatable bonds is 4. The van der Waals surface area contributed by atoms with Crippen LogP contribution in [0.2, 0.25) is 0 Å². The lowest BCUT2D eigenvalue weighted by molar-refractivity contribution is 0.689. The van der Waals surface area contributed by atoms with Crippen molar-refractivity contribution in [3.8, 4) is 0 Å². The molecule has 3 nitrogen and oxygen atoms in total. The Balaban J connectivity index is 1.56. The summed E-state index contributed by atoms with van der Waals surface area (Å²) in [4.78, 5) is 7.53. The van der Waals surface area contributed by atoms with Gasteiger partial charge in [-0.2, -0.15) is 23.5 Å². The zero-order valence-electron chi connectivity index (χ0n) is 10.2. The third kappa shape index (κ3) is 2.84. The highest BCUT2D eigenvalue weighted by Crippen LogP contribution is 2.23. The van der Waals surface area contributed by atoms with Gasteiger partial charge in [-0.1, -0.05) is 0 Å². The second-order valence-electron chi connectivity index (χ2n) is 4.41. The zero-order valence-corrected chi connectivity index (χ0v) is 11.8. The van der Waals surface area contributed by atoms with Crippen LogP contribution in [0.15, 0.2) is 24.5 Å². The molecule has 1 fully saturated rings. The van der Waals surface area contributed by atoms with Crippen LogP contribution in [0.1, 0.15) is 5.56 Å². The lowest BCUT2D eigenvalue weighted by atomic mass is 10.2. The summed E-state index contributed by atoms with van der Waals surface area (Å²) in [7, 11) is 0. The highest BCUT2D eigenvalue weighted by atomic mass is 32.2. The molecule has 1 aliphatic heterocycles. The molecule has 0 radical (unpaired) electrons. The Morgan fingerprint density at radius 2 is 2.44 bits per heavy atom. The third-order valence-electron chi connectivity index (χ3n) is 3.11. The molecule has 0 aromatic carbocycles. The first-order valence-corrected chi connectivity index (χ1v) is 8.45. The maximum absolute atomic E-state index is 4.31. The minimum Gasteiger partial charge on any atom is -0.346 e. The summed E-state index contributed by atoms with van der Waals surface area (Å²) >= 11 is 4.18. The second-order valence-corrected chi connectivity index (χ2v) is 6.97. The summed E-state index contributed by atoms with van der Waals surface area (Å²) in [5.74, 6) is 3.90. The van der Waals surface area contributed by atoms with Crippen LogP contribution in [0.25, 0.3) is 11.0 Å². The molecular weight excluding hydrogens is 262 g/mol. The number of nitrogens with one attached hydrogen (secondary N) is 2. The minimum absolute atomic E-state index is 0.770. The van der Waals surface area contributed by atoms with E-state index in [-0.39, 0.29) is 0 Å². The van der Waals surface area contributed by atoms with Crippen LogP contribution in [0.5, 0.6) is 0 Å². The fourth-order valence-electron chi connectivity index (χ4n) is 2.18. The lowest BCUT2D eigenvalue weighted by Gasteiger charge is -2.21. The lowest BCUT2D eigenvalue weighted by Crippen LogP contribution is -2.28. The van der Waals surface area contributed by atoms with Gasteiger partial charge >= 0.3 is 0 Å². The van der Waals surface area contributed by atoms with Gasteiger partial charge in [-0.3, -0.25) is 0 Å². The van der Waals surface area contributed by atoms with Gasteiger partial charge in [-0.25, -0.2) is 4.98 Å². The van der Waals surface area contributed by atoms with E-state index < -0.39 is 0 Å². The molecule has 0 saturated carbocycles. The molecule has 1 unspecified atom stereocenters. The van der Waals surface area contributed by atoms with E-state index in [1.54, 1.807) is 0 Å². The van der Waals surface area contributed by atoms with Gasteiger partial charge in [0.2, 0.25) is 0 Å².